The second-order valence-corrected chi connectivity index (χ2v) is 3.57. The molecule has 64 valence electrons. The molecule has 11 heavy (non-hydrogen) atoms. The molecule has 0 aromatic heterocycles. The van der Waals surface area contributed by atoms with Crippen LogP contribution in [0.1, 0.15) is 44.9 Å². The molecule has 1 aliphatic rings. The van der Waals surface area contributed by atoms with Crippen LogP contribution in [0.2, 0.25) is 0 Å². The van der Waals surface area contributed by atoms with Crippen molar-refractivity contribution in [2.75, 3.05) is 0 Å². The Balaban J connectivity index is 2.09. The number of nitrogens with two attached hydrogens (primary N) is 1. The van der Waals surface area contributed by atoms with E-state index in [-0.39, 0.29) is 0 Å². The lowest BCUT2D eigenvalue weighted by Gasteiger charge is -2.20. The molecular weight excluding hydrogens is 136 g/mol. The predicted octanol–water partition coefficient (Wildman–Crippen LogP) is 2.28. The number of nitrogens with one attached hydrogen (secondary N) is 1. The molecule has 1 saturated carbocycles. The zero-order chi connectivity index (χ0) is 8.10. The van der Waals surface area contributed by atoms with E-state index in [0.717, 1.165) is 18.8 Å². The molecule has 0 radical (unpaired) electrons. The highest BCUT2D eigenvalue weighted by atomic mass is 14.7. The molecule has 3 N–H and O–H groups in total. The van der Waals surface area contributed by atoms with Crippen LogP contribution in [0.4, 0.5) is 0 Å². The number of hydrogen-bond acceptors (Lipinski definition) is 1. The van der Waals surface area contributed by atoms with E-state index in [9.17, 15) is 0 Å². The lowest BCUT2D eigenvalue weighted by atomic mass is 9.86. The van der Waals surface area contributed by atoms with Crippen molar-refractivity contribution in [1.82, 2.24) is 0 Å². The summed E-state index contributed by atoms with van der Waals surface area (Å²) in [5, 5.41) is 7.09. The van der Waals surface area contributed by atoms with Gasteiger partial charge in [-0.3, -0.25) is 5.41 Å². The van der Waals surface area contributed by atoms with Crippen LogP contribution >= 0.6 is 0 Å². The fourth-order valence-corrected chi connectivity index (χ4v) is 1.84. The summed E-state index contributed by atoms with van der Waals surface area (Å²) < 4.78 is 0. The SMILES string of the molecule is N=C(N)CCC1CCCCC1. The Morgan fingerprint density at radius 2 is 1.91 bits per heavy atom. The predicted molar refractivity (Wildman–Crippen MR) is 47.7 cm³/mol. The molecule has 1 aliphatic carbocycles. The number of hydrogen-bond donors (Lipinski definition) is 2. The van der Waals surface area contributed by atoms with Crippen LogP contribution in [0.25, 0.3) is 0 Å². The van der Waals surface area contributed by atoms with Crippen LogP contribution in [0.15, 0.2) is 0 Å². The quantitative estimate of drug-likeness (QED) is 0.475. The van der Waals surface area contributed by atoms with Crippen molar-refractivity contribution < 1.29 is 0 Å². The maximum Gasteiger partial charge on any atom is 0.0905 e. The first-order chi connectivity index (χ1) is 5.29. The van der Waals surface area contributed by atoms with E-state index in [4.69, 9.17) is 11.1 Å². The summed E-state index contributed by atoms with van der Waals surface area (Å²) >= 11 is 0. The van der Waals surface area contributed by atoms with Crippen molar-refractivity contribution in [2.24, 2.45) is 11.7 Å². The number of rotatable bonds is 3. The minimum Gasteiger partial charge on any atom is -0.388 e. The molecule has 0 amide bonds. The fourth-order valence-electron chi connectivity index (χ4n) is 1.84. The third kappa shape index (κ3) is 3.40. The van der Waals surface area contributed by atoms with Crippen LogP contribution in [-0.4, -0.2) is 5.84 Å². The molecular formula is C9H18N2. The third-order valence-electron chi connectivity index (χ3n) is 2.55. The van der Waals surface area contributed by atoms with Gasteiger partial charge in [0.05, 0.1) is 5.84 Å². The highest BCUT2D eigenvalue weighted by Gasteiger charge is 2.12. The first-order valence-corrected chi connectivity index (χ1v) is 4.62. The average Bonchev–Trinajstić information content (AvgIpc) is 2.03. The maximum atomic E-state index is 7.09. The fraction of sp³-hybridized carbons (Fsp3) is 0.889. The Hall–Kier alpha value is -0.530. The van der Waals surface area contributed by atoms with E-state index in [1.165, 1.54) is 32.1 Å². The van der Waals surface area contributed by atoms with Gasteiger partial charge < -0.3 is 5.73 Å². The Morgan fingerprint density at radius 1 is 1.27 bits per heavy atom. The van der Waals surface area contributed by atoms with Gasteiger partial charge in [0.2, 0.25) is 0 Å². The molecule has 0 heterocycles. The molecule has 0 aliphatic heterocycles. The molecule has 0 bridgehead atoms. The van der Waals surface area contributed by atoms with Gasteiger partial charge in [0, 0.05) is 6.42 Å². The highest BCUT2D eigenvalue weighted by molar-refractivity contribution is 5.76. The van der Waals surface area contributed by atoms with Crippen molar-refractivity contribution in [3.8, 4) is 0 Å². The first-order valence-electron chi connectivity index (χ1n) is 4.62. The summed E-state index contributed by atoms with van der Waals surface area (Å²) in [6, 6.07) is 0. The Labute approximate surface area is 68.7 Å². The van der Waals surface area contributed by atoms with Crippen molar-refractivity contribution >= 4 is 5.84 Å². The second-order valence-electron chi connectivity index (χ2n) is 3.57. The topological polar surface area (TPSA) is 49.9 Å². The Morgan fingerprint density at radius 3 is 2.45 bits per heavy atom. The normalized spacial score (nSPS) is 20.0. The van der Waals surface area contributed by atoms with E-state index in [1.807, 2.05) is 0 Å². The molecule has 0 aromatic carbocycles. The maximum absolute atomic E-state index is 7.09. The van der Waals surface area contributed by atoms with E-state index < -0.39 is 0 Å². The lowest BCUT2D eigenvalue weighted by molar-refractivity contribution is 0.343. The summed E-state index contributed by atoms with van der Waals surface area (Å²) in [4.78, 5) is 0. The summed E-state index contributed by atoms with van der Waals surface area (Å²) in [6.45, 7) is 0. The Kier molecular flexibility index (Phi) is 3.40. The molecule has 0 unspecified atom stereocenters. The smallest absolute Gasteiger partial charge is 0.0905 e. The Bertz CT molecular complexity index is 126. The van der Waals surface area contributed by atoms with Gasteiger partial charge in [-0.25, -0.2) is 0 Å². The van der Waals surface area contributed by atoms with Crippen LogP contribution < -0.4 is 5.73 Å². The molecule has 2 heteroatoms. The van der Waals surface area contributed by atoms with Gasteiger partial charge in [-0.1, -0.05) is 32.1 Å². The first kappa shape index (κ1) is 8.57. The van der Waals surface area contributed by atoms with Gasteiger partial charge in [0.15, 0.2) is 0 Å². The van der Waals surface area contributed by atoms with Gasteiger partial charge in [-0.05, 0) is 12.3 Å². The van der Waals surface area contributed by atoms with Gasteiger partial charge in [-0.2, -0.15) is 0 Å². The van der Waals surface area contributed by atoms with E-state index in [2.05, 4.69) is 0 Å². The second kappa shape index (κ2) is 4.37. The lowest BCUT2D eigenvalue weighted by Crippen LogP contribution is -2.13. The summed E-state index contributed by atoms with van der Waals surface area (Å²) in [5.41, 5.74) is 5.29. The molecule has 0 atom stereocenters. The van der Waals surface area contributed by atoms with Gasteiger partial charge in [0.25, 0.3) is 0 Å². The van der Waals surface area contributed by atoms with E-state index >= 15 is 0 Å². The molecule has 0 saturated heterocycles. The minimum atomic E-state index is 0.357. The van der Waals surface area contributed by atoms with E-state index in [1.54, 1.807) is 0 Å². The molecule has 2 nitrogen and oxygen atoms in total. The van der Waals surface area contributed by atoms with Crippen molar-refractivity contribution in [3.05, 3.63) is 0 Å². The van der Waals surface area contributed by atoms with E-state index in [0.29, 0.717) is 5.84 Å². The average molecular weight is 154 g/mol. The zero-order valence-corrected chi connectivity index (χ0v) is 7.10. The van der Waals surface area contributed by atoms with Gasteiger partial charge in [-0.15, -0.1) is 0 Å². The van der Waals surface area contributed by atoms with Crippen LogP contribution in [0.3, 0.4) is 0 Å². The molecule has 1 rings (SSSR count). The number of amidine groups is 1. The molecule has 1 fully saturated rings. The summed E-state index contributed by atoms with van der Waals surface area (Å²) in [5.74, 6) is 1.23. The van der Waals surface area contributed by atoms with Gasteiger partial charge >= 0.3 is 0 Å². The minimum absolute atomic E-state index is 0.357. The van der Waals surface area contributed by atoms with Crippen LogP contribution in [0, 0.1) is 11.3 Å². The monoisotopic (exact) mass is 154 g/mol. The standard InChI is InChI=1S/C9H18N2/c10-9(11)7-6-8-4-2-1-3-5-8/h8H,1-7H2,(H3,10,11). The van der Waals surface area contributed by atoms with Crippen LogP contribution in [0.5, 0.6) is 0 Å². The summed E-state index contributed by atoms with van der Waals surface area (Å²) in [7, 11) is 0. The zero-order valence-electron chi connectivity index (χ0n) is 7.10. The van der Waals surface area contributed by atoms with Crippen LogP contribution in [-0.2, 0) is 0 Å². The van der Waals surface area contributed by atoms with Crippen molar-refractivity contribution in [3.63, 3.8) is 0 Å². The largest absolute Gasteiger partial charge is 0.388 e. The third-order valence-corrected chi connectivity index (χ3v) is 2.55. The molecule has 0 aromatic rings. The van der Waals surface area contributed by atoms with Crippen molar-refractivity contribution in [2.45, 2.75) is 44.9 Å². The van der Waals surface area contributed by atoms with Gasteiger partial charge in [0.1, 0.15) is 0 Å². The molecule has 0 spiro atoms. The summed E-state index contributed by atoms with van der Waals surface area (Å²) in [6.07, 6.45) is 8.89. The van der Waals surface area contributed by atoms with Crippen molar-refractivity contribution in [1.29, 1.82) is 5.41 Å². The highest BCUT2D eigenvalue weighted by Crippen LogP contribution is 2.26.